The van der Waals surface area contributed by atoms with Crippen LogP contribution in [-0.2, 0) is 0 Å². The van der Waals surface area contributed by atoms with Crippen molar-refractivity contribution >= 4 is 17.3 Å². The monoisotopic (exact) mass is 291 g/mol. The number of hydrogen-bond acceptors (Lipinski definition) is 3. The van der Waals surface area contributed by atoms with E-state index >= 15 is 0 Å². The van der Waals surface area contributed by atoms with Gasteiger partial charge in [-0.15, -0.1) is 0 Å². The van der Waals surface area contributed by atoms with E-state index in [2.05, 4.69) is 30.1 Å². The molecule has 1 aromatic carbocycles. The minimum absolute atomic E-state index is 0.425. The van der Waals surface area contributed by atoms with Gasteiger partial charge in [0.2, 0.25) is 0 Å². The Hall–Kier alpha value is -1.24. The molecule has 3 nitrogen and oxygen atoms in total. The first-order valence-electron chi connectivity index (χ1n) is 7.29. The lowest BCUT2D eigenvalue weighted by molar-refractivity contribution is 0.368. The Balaban J connectivity index is 2.15. The van der Waals surface area contributed by atoms with Gasteiger partial charge in [-0.1, -0.05) is 11.6 Å². The highest BCUT2D eigenvalue weighted by molar-refractivity contribution is 6.32. The van der Waals surface area contributed by atoms with Crippen LogP contribution in [0.3, 0.4) is 0 Å². The third-order valence-electron chi connectivity index (χ3n) is 3.94. The predicted molar refractivity (Wildman–Crippen MR) is 84.2 cm³/mol. The molecule has 20 heavy (non-hydrogen) atoms. The van der Waals surface area contributed by atoms with Gasteiger partial charge >= 0.3 is 0 Å². The fourth-order valence-electron chi connectivity index (χ4n) is 2.73. The van der Waals surface area contributed by atoms with Gasteiger partial charge in [0.1, 0.15) is 6.07 Å². The van der Waals surface area contributed by atoms with E-state index in [1.165, 1.54) is 12.8 Å². The highest BCUT2D eigenvalue weighted by Gasteiger charge is 2.19. The molecule has 0 atom stereocenters. The third kappa shape index (κ3) is 3.65. The van der Waals surface area contributed by atoms with Gasteiger partial charge in [-0.05, 0) is 63.9 Å². The SMILES string of the molecule is CC(C)N(CC1CCNCC1)c1ccc(C#N)c(Cl)c1. The second kappa shape index (κ2) is 6.97. The standard InChI is InChI=1S/C16H22ClN3/c1-12(2)20(11-13-5-7-19-8-6-13)15-4-3-14(10-18)16(17)9-15/h3-4,9,12-13,19H,5-8,11H2,1-2H3. The van der Waals surface area contributed by atoms with Crippen molar-refractivity contribution in [2.45, 2.75) is 32.7 Å². The molecule has 0 aliphatic carbocycles. The molecular weight excluding hydrogens is 270 g/mol. The lowest BCUT2D eigenvalue weighted by Crippen LogP contribution is -2.39. The molecule has 1 heterocycles. The number of nitrogens with one attached hydrogen (secondary N) is 1. The third-order valence-corrected chi connectivity index (χ3v) is 4.25. The van der Waals surface area contributed by atoms with Gasteiger partial charge < -0.3 is 10.2 Å². The molecule has 1 fully saturated rings. The number of benzene rings is 1. The molecule has 2 rings (SSSR count). The number of piperidine rings is 1. The van der Waals surface area contributed by atoms with Crippen LogP contribution in [-0.4, -0.2) is 25.7 Å². The van der Waals surface area contributed by atoms with Gasteiger partial charge in [-0.2, -0.15) is 5.26 Å². The quantitative estimate of drug-likeness (QED) is 0.924. The molecule has 108 valence electrons. The topological polar surface area (TPSA) is 39.1 Å². The zero-order chi connectivity index (χ0) is 14.5. The molecule has 1 aliphatic heterocycles. The minimum atomic E-state index is 0.425. The number of nitrogens with zero attached hydrogens (tertiary/aromatic N) is 2. The van der Waals surface area contributed by atoms with E-state index in [-0.39, 0.29) is 0 Å². The Morgan fingerprint density at radius 1 is 1.40 bits per heavy atom. The van der Waals surface area contributed by atoms with Crippen LogP contribution in [0.25, 0.3) is 0 Å². The molecule has 0 aromatic heterocycles. The molecule has 0 bridgehead atoms. The van der Waals surface area contributed by atoms with E-state index in [1.807, 2.05) is 18.2 Å². The summed E-state index contributed by atoms with van der Waals surface area (Å²) in [6.07, 6.45) is 2.46. The van der Waals surface area contributed by atoms with Crippen molar-refractivity contribution in [1.82, 2.24) is 5.32 Å². The van der Waals surface area contributed by atoms with Crippen LogP contribution in [0.1, 0.15) is 32.3 Å². The summed E-state index contributed by atoms with van der Waals surface area (Å²) < 4.78 is 0. The molecule has 0 amide bonds. The summed E-state index contributed by atoms with van der Waals surface area (Å²) in [4.78, 5) is 2.39. The Labute approximate surface area is 126 Å². The number of halogens is 1. The molecule has 1 saturated heterocycles. The fourth-order valence-corrected chi connectivity index (χ4v) is 2.95. The zero-order valence-corrected chi connectivity index (χ0v) is 13.0. The van der Waals surface area contributed by atoms with E-state index in [0.717, 1.165) is 31.2 Å². The fraction of sp³-hybridized carbons (Fsp3) is 0.562. The first kappa shape index (κ1) is 15.2. The summed E-state index contributed by atoms with van der Waals surface area (Å²) in [5, 5.41) is 12.9. The number of anilines is 1. The van der Waals surface area contributed by atoms with Crippen molar-refractivity contribution in [3.63, 3.8) is 0 Å². The van der Waals surface area contributed by atoms with Crippen LogP contribution in [0, 0.1) is 17.2 Å². The normalized spacial score (nSPS) is 16.1. The van der Waals surface area contributed by atoms with Gasteiger partial charge in [0.15, 0.2) is 0 Å². The van der Waals surface area contributed by atoms with Gasteiger partial charge in [-0.3, -0.25) is 0 Å². The molecular formula is C16H22ClN3. The van der Waals surface area contributed by atoms with Gasteiger partial charge in [-0.25, -0.2) is 0 Å². The molecule has 0 saturated carbocycles. The molecule has 0 spiro atoms. The maximum absolute atomic E-state index is 8.96. The van der Waals surface area contributed by atoms with E-state index in [1.54, 1.807) is 0 Å². The van der Waals surface area contributed by atoms with Gasteiger partial charge in [0.25, 0.3) is 0 Å². The van der Waals surface area contributed by atoms with Gasteiger partial charge in [0, 0.05) is 18.3 Å². The second-order valence-corrected chi connectivity index (χ2v) is 6.12. The summed E-state index contributed by atoms with van der Waals surface area (Å²) in [5.74, 6) is 0.730. The molecule has 1 aromatic rings. The van der Waals surface area contributed by atoms with Crippen LogP contribution >= 0.6 is 11.6 Å². The van der Waals surface area contributed by atoms with Crippen LogP contribution < -0.4 is 10.2 Å². The molecule has 0 radical (unpaired) electrons. The smallest absolute Gasteiger partial charge is 0.101 e. The van der Waals surface area contributed by atoms with Gasteiger partial charge in [0.05, 0.1) is 10.6 Å². The number of hydrogen-bond donors (Lipinski definition) is 1. The first-order chi connectivity index (χ1) is 9.61. The molecule has 0 unspecified atom stereocenters. The van der Waals surface area contributed by atoms with Crippen LogP contribution in [0.15, 0.2) is 18.2 Å². The number of rotatable bonds is 4. The predicted octanol–water partition coefficient (Wildman–Crippen LogP) is 3.43. The van der Waals surface area contributed by atoms with E-state index in [9.17, 15) is 0 Å². The summed E-state index contributed by atoms with van der Waals surface area (Å²) in [6, 6.07) is 8.28. The summed E-state index contributed by atoms with van der Waals surface area (Å²) in [7, 11) is 0. The summed E-state index contributed by atoms with van der Waals surface area (Å²) in [5.41, 5.74) is 1.66. The van der Waals surface area contributed by atoms with Crippen LogP contribution in [0.4, 0.5) is 5.69 Å². The van der Waals surface area contributed by atoms with Crippen molar-refractivity contribution in [1.29, 1.82) is 5.26 Å². The Bertz CT molecular complexity index is 487. The second-order valence-electron chi connectivity index (χ2n) is 5.72. The zero-order valence-electron chi connectivity index (χ0n) is 12.2. The van der Waals surface area contributed by atoms with Crippen molar-refractivity contribution in [3.8, 4) is 6.07 Å². The lowest BCUT2D eigenvalue weighted by Gasteiger charge is -2.34. The average Bonchev–Trinajstić information content (AvgIpc) is 2.45. The summed E-state index contributed by atoms with van der Waals surface area (Å²) >= 11 is 6.16. The number of nitriles is 1. The highest BCUT2D eigenvalue weighted by Crippen LogP contribution is 2.26. The molecule has 1 N–H and O–H groups in total. The Kier molecular flexibility index (Phi) is 5.28. The van der Waals surface area contributed by atoms with Crippen molar-refractivity contribution in [2.24, 2.45) is 5.92 Å². The minimum Gasteiger partial charge on any atom is -0.369 e. The largest absolute Gasteiger partial charge is 0.369 e. The Morgan fingerprint density at radius 2 is 2.10 bits per heavy atom. The first-order valence-corrected chi connectivity index (χ1v) is 7.66. The molecule has 4 heteroatoms. The highest BCUT2D eigenvalue weighted by atomic mass is 35.5. The van der Waals surface area contributed by atoms with Crippen molar-refractivity contribution in [2.75, 3.05) is 24.5 Å². The van der Waals surface area contributed by atoms with Crippen molar-refractivity contribution < 1.29 is 0 Å². The van der Waals surface area contributed by atoms with E-state index in [4.69, 9.17) is 16.9 Å². The maximum Gasteiger partial charge on any atom is 0.101 e. The van der Waals surface area contributed by atoms with Crippen LogP contribution in [0.2, 0.25) is 5.02 Å². The van der Waals surface area contributed by atoms with E-state index in [0.29, 0.717) is 16.6 Å². The average molecular weight is 292 g/mol. The lowest BCUT2D eigenvalue weighted by atomic mass is 9.96. The van der Waals surface area contributed by atoms with E-state index < -0.39 is 0 Å². The van der Waals surface area contributed by atoms with Crippen molar-refractivity contribution in [3.05, 3.63) is 28.8 Å². The molecule has 1 aliphatic rings. The van der Waals surface area contributed by atoms with Crippen LogP contribution in [0.5, 0.6) is 0 Å². The summed E-state index contributed by atoms with van der Waals surface area (Å²) in [6.45, 7) is 7.69. The maximum atomic E-state index is 8.96. The Morgan fingerprint density at radius 3 is 2.65 bits per heavy atom.